The van der Waals surface area contributed by atoms with Crippen molar-refractivity contribution in [3.63, 3.8) is 0 Å². The second kappa shape index (κ2) is 6.68. The van der Waals surface area contributed by atoms with Crippen LogP contribution in [0.25, 0.3) is 0 Å². The highest BCUT2D eigenvalue weighted by molar-refractivity contribution is 5.91. The summed E-state index contributed by atoms with van der Waals surface area (Å²) in [5.74, 6) is 1.33. The van der Waals surface area contributed by atoms with Crippen molar-refractivity contribution >= 4 is 5.91 Å². The molecule has 0 atom stereocenters. The van der Waals surface area contributed by atoms with Crippen molar-refractivity contribution in [1.29, 1.82) is 0 Å². The predicted octanol–water partition coefficient (Wildman–Crippen LogP) is 2.43. The summed E-state index contributed by atoms with van der Waals surface area (Å²) in [6, 6.07) is 5.29. The number of ether oxygens (including phenoxy) is 1. The lowest BCUT2D eigenvalue weighted by Crippen LogP contribution is -2.38. The molecule has 0 aromatic carbocycles. The Bertz CT molecular complexity index is 598. The number of carbonyl (C=O) groups excluding carboxylic acids is 1. The number of carbonyl (C=O) groups is 1. The van der Waals surface area contributed by atoms with Crippen LogP contribution in [0.5, 0.6) is 5.95 Å². The summed E-state index contributed by atoms with van der Waals surface area (Å²) in [6.45, 7) is 2.51. The third kappa shape index (κ3) is 3.32. The van der Waals surface area contributed by atoms with Gasteiger partial charge in [0.15, 0.2) is 5.76 Å². The number of rotatable bonds is 5. The maximum atomic E-state index is 12.3. The van der Waals surface area contributed by atoms with E-state index in [1.54, 1.807) is 18.3 Å². The number of aryl methyl sites for hydroxylation is 1. The topological polar surface area (TPSA) is 60.5 Å². The number of piperidine rings is 1. The number of methoxy groups -OCH3 is 1. The fourth-order valence-corrected chi connectivity index (χ4v) is 2.87. The molecule has 0 radical (unpaired) electrons. The zero-order valence-electron chi connectivity index (χ0n) is 12.8. The summed E-state index contributed by atoms with van der Waals surface area (Å²) < 4.78 is 12.3. The Morgan fingerprint density at radius 3 is 2.86 bits per heavy atom. The van der Waals surface area contributed by atoms with Gasteiger partial charge in [-0.2, -0.15) is 5.10 Å². The van der Waals surface area contributed by atoms with Gasteiger partial charge in [-0.05, 0) is 37.3 Å². The summed E-state index contributed by atoms with van der Waals surface area (Å²) in [5.41, 5.74) is 0. The molecule has 1 aliphatic heterocycles. The van der Waals surface area contributed by atoms with Crippen LogP contribution in [0.1, 0.15) is 29.8 Å². The molecule has 0 saturated carbocycles. The third-order valence-corrected chi connectivity index (χ3v) is 4.22. The van der Waals surface area contributed by atoms with Crippen LogP contribution in [-0.4, -0.2) is 40.8 Å². The van der Waals surface area contributed by atoms with E-state index in [9.17, 15) is 4.79 Å². The molecule has 118 valence electrons. The SMILES string of the molecule is COc1ccc(C(=O)N2CCC(CCn3cccn3)CC2)o1. The second-order valence-corrected chi connectivity index (χ2v) is 5.62. The number of aromatic nitrogens is 2. The van der Waals surface area contributed by atoms with E-state index in [0.29, 0.717) is 17.6 Å². The van der Waals surface area contributed by atoms with E-state index in [1.807, 2.05) is 21.8 Å². The molecule has 2 aromatic heterocycles. The highest BCUT2D eigenvalue weighted by Crippen LogP contribution is 2.24. The van der Waals surface area contributed by atoms with Gasteiger partial charge in [0.25, 0.3) is 11.9 Å². The Labute approximate surface area is 129 Å². The fraction of sp³-hybridized carbons (Fsp3) is 0.500. The maximum absolute atomic E-state index is 12.3. The minimum absolute atomic E-state index is 0.0474. The maximum Gasteiger partial charge on any atom is 0.289 e. The van der Waals surface area contributed by atoms with Crippen LogP contribution in [0.3, 0.4) is 0 Å². The van der Waals surface area contributed by atoms with Crippen molar-refractivity contribution in [2.45, 2.75) is 25.8 Å². The first-order chi connectivity index (χ1) is 10.8. The molecule has 3 rings (SSSR count). The molecule has 0 bridgehead atoms. The minimum Gasteiger partial charge on any atom is -0.468 e. The molecule has 0 unspecified atom stereocenters. The molecule has 1 saturated heterocycles. The Hall–Kier alpha value is -2.24. The van der Waals surface area contributed by atoms with Crippen LogP contribution in [0.2, 0.25) is 0 Å². The molecule has 6 nitrogen and oxygen atoms in total. The van der Waals surface area contributed by atoms with Gasteiger partial charge in [0.1, 0.15) is 0 Å². The highest BCUT2D eigenvalue weighted by Gasteiger charge is 2.25. The zero-order valence-corrected chi connectivity index (χ0v) is 12.8. The summed E-state index contributed by atoms with van der Waals surface area (Å²) in [7, 11) is 1.53. The summed E-state index contributed by atoms with van der Waals surface area (Å²) in [5, 5.41) is 4.22. The fourth-order valence-electron chi connectivity index (χ4n) is 2.87. The van der Waals surface area contributed by atoms with E-state index in [0.717, 1.165) is 38.9 Å². The molecule has 1 amide bonds. The van der Waals surface area contributed by atoms with Gasteiger partial charge in [0.05, 0.1) is 7.11 Å². The van der Waals surface area contributed by atoms with Crippen LogP contribution in [0, 0.1) is 5.92 Å². The first-order valence-corrected chi connectivity index (χ1v) is 7.67. The van der Waals surface area contributed by atoms with E-state index in [4.69, 9.17) is 9.15 Å². The lowest BCUT2D eigenvalue weighted by molar-refractivity contribution is 0.0646. The van der Waals surface area contributed by atoms with Crippen molar-refractivity contribution in [3.8, 4) is 5.95 Å². The third-order valence-electron chi connectivity index (χ3n) is 4.22. The van der Waals surface area contributed by atoms with E-state index >= 15 is 0 Å². The van der Waals surface area contributed by atoms with Crippen LogP contribution < -0.4 is 4.74 Å². The Kier molecular flexibility index (Phi) is 4.46. The quantitative estimate of drug-likeness (QED) is 0.851. The van der Waals surface area contributed by atoms with E-state index in [2.05, 4.69) is 5.10 Å². The van der Waals surface area contributed by atoms with Gasteiger partial charge < -0.3 is 14.1 Å². The monoisotopic (exact) mass is 303 g/mol. The van der Waals surface area contributed by atoms with Crippen molar-refractivity contribution in [1.82, 2.24) is 14.7 Å². The van der Waals surface area contributed by atoms with Gasteiger partial charge in [-0.1, -0.05) is 0 Å². The van der Waals surface area contributed by atoms with Crippen LogP contribution in [-0.2, 0) is 6.54 Å². The van der Waals surface area contributed by atoms with Gasteiger partial charge in [0, 0.05) is 38.1 Å². The summed E-state index contributed by atoms with van der Waals surface area (Å²) in [4.78, 5) is 14.2. The number of hydrogen-bond acceptors (Lipinski definition) is 4. The molecule has 3 heterocycles. The standard InChI is InChI=1S/C16H21N3O3/c1-21-15-4-3-14(22-15)16(20)18-10-5-13(6-11-18)7-12-19-9-2-8-17-19/h2-4,8-9,13H,5-7,10-12H2,1H3. The van der Waals surface area contributed by atoms with Gasteiger partial charge >= 0.3 is 0 Å². The number of amides is 1. The lowest BCUT2D eigenvalue weighted by atomic mass is 9.93. The zero-order chi connectivity index (χ0) is 15.4. The van der Waals surface area contributed by atoms with E-state index in [1.165, 1.54) is 7.11 Å². The largest absolute Gasteiger partial charge is 0.468 e. The summed E-state index contributed by atoms with van der Waals surface area (Å²) in [6.07, 6.45) is 6.97. The molecule has 0 N–H and O–H groups in total. The molecule has 1 aliphatic rings. The van der Waals surface area contributed by atoms with Crippen LogP contribution in [0.4, 0.5) is 0 Å². The molecule has 1 fully saturated rings. The molecular formula is C16H21N3O3. The number of nitrogens with zero attached hydrogens (tertiary/aromatic N) is 3. The van der Waals surface area contributed by atoms with Crippen molar-refractivity contribution in [2.24, 2.45) is 5.92 Å². The molecule has 22 heavy (non-hydrogen) atoms. The van der Waals surface area contributed by atoms with Crippen LogP contribution in [0.15, 0.2) is 35.0 Å². The van der Waals surface area contributed by atoms with E-state index in [-0.39, 0.29) is 5.91 Å². The normalized spacial score (nSPS) is 16.0. The molecule has 2 aromatic rings. The van der Waals surface area contributed by atoms with Gasteiger partial charge in [-0.25, -0.2) is 0 Å². The average Bonchev–Trinajstić information content (AvgIpc) is 3.24. The van der Waals surface area contributed by atoms with Crippen molar-refractivity contribution in [2.75, 3.05) is 20.2 Å². The van der Waals surface area contributed by atoms with Crippen LogP contribution >= 0.6 is 0 Å². The predicted molar refractivity (Wildman–Crippen MR) is 80.7 cm³/mol. The Morgan fingerprint density at radius 1 is 1.41 bits per heavy atom. The van der Waals surface area contributed by atoms with E-state index < -0.39 is 0 Å². The summed E-state index contributed by atoms with van der Waals surface area (Å²) >= 11 is 0. The highest BCUT2D eigenvalue weighted by atomic mass is 16.6. The Morgan fingerprint density at radius 2 is 2.23 bits per heavy atom. The Balaban J connectivity index is 1.47. The molecule has 0 spiro atoms. The van der Waals surface area contributed by atoms with Crippen molar-refractivity contribution in [3.05, 3.63) is 36.4 Å². The average molecular weight is 303 g/mol. The molecule has 6 heteroatoms. The minimum atomic E-state index is -0.0474. The first-order valence-electron chi connectivity index (χ1n) is 7.67. The number of hydrogen-bond donors (Lipinski definition) is 0. The number of likely N-dealkylation sites (tertiary alicyclic amines) is 1. The lowest BCUT2D eigenvalue weighted by Gasteiger charge is -2.31. The van der Waals surface area contributed by atoms with Gasteiger partial charge in [0.2, 0.25) is 0 Å². The van der Waals surface area contributed by atoms with Crippen molar-refractivity contribution < 1.29 is 13.9 Å². The van der Waals surface area contributed by atoms with Gasteiger partial charge in [-0.15, -0.1) is 0 Å². The van der Waals surface area contributed by atoms with Gasteiger partial charge in [-0.3, -0.25) is 9.48 Å². The smallest absolute Gasteiger partial charge is 0.289 e. The molecule has 0 aliphatic carbocycles. The number of furan rings is 1. The first kappa shape index (κ1) is 14.7. The second-order valence-electron chi connectivity index (χ2n) is 5.62. The molecular weight excluding hydrogens is 282 g/mol.